The maximum Gasteiger partial charge on any atom is 0.317 e. The maximum atomic E-state index is 14.5. The summed E-state index contributed by atoms with van der Waals surface area (Å²) in [5.74, 6) is -1.59. The fourth-order valence-electron chi connectivity index (χ4n) is 3.85. The number of carbonyl (C=O) groups excluding carboxylic acids is 1. The van der Waals surface area contributed by atoms with Gasteiger partial charge < -0.3 is 14.4 Å². The van der Waals surface area contributed by atoms with Crippen molar-refractivity contribution in [1.82, 2.24) is 0 Å². The molecule has 1 aliphatic rings. The van der Waals surface area contributed by atoms with Gasteiger partial charge in [-0.05, 0) is 18.1 Å². The molecular formula is C22H25O4P. The van der Waals surface area contributed by atoms with Gasteiger partial charge in [0.25, 0.3) is 0 Å². The number of benzene rings is 2. The van der Waals surface area contributed by atoms with Crippen molar-refractivity contribution < 1.29 is 19.2 Å². The summed E-state index contributed by atoms with van der Waals surface area (Å²) in [5.41, 5.74) is 1.61. The number of aliphatic hydroxyl groups is 1. The van der Waals surface area contributed by atoms with Crippen LogP contribution in [0.3, 0.4) is 0 Å². The average Bonchev–Trinajstić information content (AvgIpc) is 2.78. The number of carbonyl (C=O) groups is 1. The summed E-state index contributed by atoms with van der Waals surface area (Å²) in [6.07, 6.45) is 0.283. The highest BCUT2D eigenvalue weighted by Gasteiger charge is 2.60. The normalized spacial score (nSPS) is 24.0. The number of ether oxygens (including phenoxy) is 1. The molecule has 5 heteroatoms. The molecule has 27 heavy (non-hydrogen) atoms. The number of aliphatic hydroxyl groups excluding tert-OH is 1. The summed E-state index contributed by atoms with van der Waals surface area (Å²) in [4.78, 5) is 12.7. The van der Waals surface area contributed by atoms with E-state index in [1.54, 1.807) is 20.8 Å². The van der Waals surface area contributed by atoms with Gasteiger partial charge in [-0.25, -0.2) is 0 Å². The average molecular weight is 384 g/mol. The first-order valence-corrected chi connectivity index (χ1v) is 11.0. The maximum absolute atomic E-state index is 14.5. The van der Waals surface area contributed by atoms with Crippen LogP contribution in [0.25, 0.3) is 5.31 Å². The van der Waals surface area contributed by atoms with E-state index in [9.17, 15) is 14.5 Å². The van der Waals surface area contributed by atoms with E-state index in [1.807, 2.05) is 60.7 Å². The SMILES string of the molecule is CCOC(=O)[C@H]1C(O)=C(c2ccccc2)[P@](=O)(Cc2ccccc2)C1(C)C. The Labute approximate surface area is 160 Å². The third kappa shape index (κ3) is 3.23. The summed E-state index contributed by atoms with van der Waals surface area (Å²) in [7, 11) is -3.19. The van der Waals surface area contributed by atoms with E-state index in [1.165, 1.54) is 0 Å². The molecule has 1 N–H and O–H groups in total. The van der Waals surface area contributed by atoms with Gasteiger partial charge >= 0.3 is 5.97 Å². The Kier molecular flexibility index (Phi) is 5.30. The Hall–Kier alpha value is -2.32. The van der Waals surface area contributed by atoms with E-state index in [0.29, 0.717) is 10.9 Å². The zero-order valence-corrected chi connectivity index (χ0v) is 16.8. The lowest BCUT2D eigenvalue weighted by Gasteiger charge is -2.33. The first-order valence-electron chi connectivity index (χ1n) is 9.11. The molecule has 2 atom stereocenters. The van der Waals surface area contributed by atoms with Gasteiger partial charge in [-0.2, -0.15) is 0 Å². The van der Waals surface area contributed by atoms with Gasteiger partial charge in [-0.1, -0.05) is 74.5 Å². The molecule has 0 saturated carbocycles. The van der Waals surface area contributed by atoms with Crippen molar-refractivity contribution in [1.29, 1.82) is 0 Å². The molecule has 142 valence electrons. The van der Waals surface area contributed by atoms with Crippen molar-refractivity contribution in [2.45, 2.75) is 32.1 Å². The van der Waals surface area contributed by atoms with Crippen molar-refractivity contribution in [3.05, 3.63) is 77.5 Å². The molecule has 4 nitrogen and oxygen atoms in total. The van der Waals surface area contributed by atoms with Crippen LogP contribution in [0.5, 0.6) is 0 Å². The van der Waals surface area contributed by atoms with Gasteiger partial charge in [0.2, 0.25) is 0 Å². The Morgan fingerprint density at radius 3 is 2.19 bits per heavy atom. The number of hydrogen-bond donors (Lipinski definition) is 1. The number of rotatable bonds is 5. The molecule has 0 aromatic heterocycles. The van der Waals surface area contributed by atoms with Crippen LogP contribution < -0.4 is 0 Å². The summed E-state index contributed by atoms with van der Waals surface area (Å²) >= 11 is 0. The fraction of sp³-hybridized carbons (Fsp3) is 0.318. The third-order valence-corrected chi connectivity index (χ3v) is 9.47. The Balaban J connectivity index is 2.19. The molecule has 0 unspecified atom stereocenters. The summed E-state index contributed by atoms with van der Waals surface area (Å²) < 4.78 is 19.7. The van der Waals surface area contributed by atoms with Crippen LogP contribution in [0.15, 0.2) is 66.4 Å². The molecule has 0 bridgehead atoms. The van der Waals surface area contributed by atoms with E-state index in [-0.39, 0.29) is 18.5 Å². The van der Waals surface area contributed by atoms with E-state index in [2.05, 4.69) is 0 Å². The Morgan fingerprint density at radius 1 is 1.07 bits per heavy atom. The predicted octanol–water partition coefficient (Wildman–Crippen LogP) is 5.45. The molecule has 0 aliphatic carbocycles. The van der Waals surface area contributed by atoms with Crippen LogP contribution in [0.4, 0.5) is 0 Å². The smallest absolute Gasteiger partial charge is 0.317 e. The van der Waals surface area contributed by atoms with Crippen LogP contribution in [0.1, 0.15) is 31.9 Å². The summed E-state index contributed by atoms with van der Waals surface area (Å²) in [6.45, 7) is 5.53. The molecule has 0 radical (unpaired) electrons. The lowest BCUT2D eigenvalue weighted by atomic mass is 9.92. The molecule has 0 spiro atoms. The zero-order valence-electron chi connectivity index (χ0n) is 15.9. The fourth-order valence-corrected chi connectivity index (χ4v) is 7.43. The summed E-state index contributed by atoms with van der Waals surface area (Å²) in [6, 6.07) is 18.8. The highest BCUT2D eigenvalue weighted by molar-refractivity contribution is 7.75. The van der Waals surface area contributed by atoms with E-state index in [0.717, 1.165) is 5.56 Å². The predicted molar refractivity (Wildman–Crippen MR) is 108 cm³/mol. The van der Waals surface area contributed by atoms with Crippen molar-refractivity contribution >= 4 is 18.4 Å². The second-order valence-electron chi connectivity index (χ2n) is 7.32. The van der Waals surface area contributed by atoms with Crippen molar-refractivity contribution in [3.63, 3.8) is 0 Å². The van der Waals surface area contributed by atoms with Gasteiger partial charge in [-0.15, -0.1) is 0 Å². The minimum atomic E-state index is -3.19. The third-order valence-electron chi connectivity index (χ3n) is 5.33. The molecule has 0 fully saturated rings. The summed E-state index contributed by atoms with van der Waals surface area (Å²) in [5, 5.41) is 10.5. The molecule has 2 aromatic rings. The van der Waals surface area contributed by atoms with Gasteiger partial charge in [0, 0.05) is 11.3 Å². The Morgan fingerprint density at radius 2 is 1.63 bits per heavy atom. The second-order valence-corrected chi connectivity index (χ2v) is 10.7. The first kappa shape index (κ1) is 19.4. The zero-order chi connectivity index (χ0) is 19.7. The number of hydrogen-bond acceptors (Lipinski definition) is 4. The molecule has 0 saturated heterocycles. The van der Waals surface area contributed by atoms with Crippen LogP contribution in [-0.2, 0) is 20.3 Å². The quantitative estimate of drug-likeness (QED) is 0.550. The Bertz CT molecular complexity index is 900. The van der Waals surface area contributed by atoms with Crippen molar-refractivity contribution in [3.8, 4) is 0 Å². The molecular weight excluding hydrogens is 359 g/mol. The lowest BCUT2D eigenvalue weighted by molar-refractivity contribution is -0.148. The van der Waals surface area contributed by atoms with Crippen LogP contribution in [-0.4, -0.2) is 22.8 Å². The van der Waals surface area contributed by atoms with Crippen LogP contribution in [0, 0.1) is 5.92 Å². The molecule has 1 heterocycles. The van der Waals surface area contributed by atoms with Gasteiger partial charge in [0.05, 0.1) is 11.9 Å². The largest absolute Gasteiger partial charge is 0.511 e. The van der Waals surface area contributed by atoms with E-state index in [4.69, 9.17) is 4.74 Å². The molecule has 1 aliphatic heterocycles. The molecule has 3 rings (SSSR count). The minimum absolute atomic E-state index is 0.121. The van der Waals surface area contributed by atoms with Gasteiger partial charge in [-0.3, -0.25) is 4.79 Å². The second kappa shape index (κ2) is 7.36. The molecule has 2 aromatic carbocycles. The van der Waals surface area contributed by atoms with Crippen LogP contribution >= 0.6 is 7.14 Å². The monoisotopic (exact) mass is 384 g/mol. The topological polar surface area (TPSA) is 63.6 Å². The van der Waals surface area contributed by atoms with Gasteiger partial charge in [0.1, 0.15) is 18.8 Å². The first-order chi connectivity index (χ1) is 12.8. The number of esters is 1. The lowest BCUT2D eigenvalue weighted by Crippen LogP contribution is -2.35. The van der Waals surface area contributed by atoms with Crippen molar-refractivity contribution in [2.24, 2.45) is 5.92 Å². The molecule has 0 amide bonds. The van der Waals surface area contributed by atoms with E-state index >= 15 is 0 Å². The van der Waals surface area contributed by atoms with Gasteiger partial charge in [0.15, 0.2) is 0 Å². The minimum Gasteiger partial charge on any atom is -0.511 e. The standard InChI is InChI=1S/C22H25O4P/c1-4-26-21(24)18-19(23)20(17-13-9-6-10-14-17)27(25,22(18,2)3)15-16-11-7-5-8-12-16/h5-14,18,23H,4,15H2,1-3H3/t18-,27-/m1/s1. The highest BCUT2D eigenvalue weighted by atomic mass is 31.2. The van der Waals surface area contributed by atoms with E-state index < -0.39 is 24.2 Å². The van der Waals surface area contributed by atoms with Crippen molar-refractivity contribution in [2.75, 3.05) is 6.61 Å². The van der Waals surface area contributed by atoms with Crippen LogP contribution in [0.2, 0.25) is 0 Å². The highest BCUT2D eigenvalue weighted by Crippen LogP contribution is 2.77.